The highest BCUT2D eigenvalue weighted by Gasteiger charge is 2.28. The molecule has 116 valence electrons. The zero-order valence-electron chi connectivity index (χ0n) is 13.5. The highest BCUT2D eigenvalue weighted by Crippen LogP contribution is 2.16. The summed E-state index contributed by atoms with van der Waals surface area (Å²) in [6, 6.07) is 5.84. The molecule has 0 saturated carbocycles. The van der Waals surface area contributed by atoms with Gasteiger partial charge in [-0.15, -0.1) is 0 Å². The second kappa shape index (κ2) is 6.58. The Morgan fingerprint density at radius 1 is 1.24 bits per heavy atom. The van der Waals surface area contributed by atoms with E-state index in [9.17, 15) is 4.79 Å². The SMILES string of the molecule is Cc1ccc(C(=O)NCC(C)(C)N2CCOCC2)cc1C. The van der Waals surface area contributed by atoms with Gasteiger partial charge in [-0.1, -0.05) is 6.07 Å². The molecule has 0 unspecified atom stereocenters. The number of hydrogen-bond acceptors (Lipinski definition) is 3. The van der Waals surface area contributed by atoms with Crippen LogP contribution in [0.3, 0.4) is 0 Å². The van der Waals surface area contributed by atoms with Gasteiger partial charge in [0.05, 0.1) is 13.2 Å². The van der Waals surface area contributed by atoms with Crippen LogP contribution in [-0.2, 0) is 4.74 Å². The van der Waals surface area contributed by atoms with Gasteiger partial charge in [0, 0.05) is 30.7 Å². The van der Waals surface area contributed by atoms with Gasteiger partial charge >= 0.3 is 0 Å². The third-order valence-corrected chi connectivity index (χ3v) is 4.32. The average Bonchev–Trinajstić information content (AvgIpc) is 2.48. The fourth-order valence-electron chi connectivity index (χ4n) is 2.56. The van der Waals surface area contributed by atoms with Crippen molar-refractivity contribution in [3.05, 3.63) is 34.9 Å². The fourth-order valence-corrected chi connectivity index (χ4v) is 2.56. The Morgan fingerprint density at radius 2 is 1.90 bits per heavy atom. The molecule has 0 bridgehead atoms. The number of ether oxygens (including phenoxy) is 1. The summed E-state index contributed by atoms with van der Waals surface area (Å²) in [6.45, 7) is 12.4. The molecular formula is C17H26N2O2. The van der Waals surface area contributed by atoms with Crippen molar-refractivity contribution in [3.63, 3.8) is 0 Å². The standard InChI is InChI=1S/C17H26N2O2/c1-13-5-6-15(11-14(13)2)16(20)18-12-17(3,4)19-7-9-21-10-8-19/h5-6,11H,7-10,12H2,1-4H3,(H,18,20). The van der Waals surface area contributed by atoms with Gasteiger partial charge in [-0.05, 0) is 51.0 Å². The van der Waals surface area contributed by atoms with Crippen molar-refractivity contribution in [2.75, 3.05) is 32.8 Å². The van der Waals surface area contributed by atoms with E-state index in [2.05, 4.69) is 31.0 Å². The number of carbonyl (C=O) groups is 1. The van der Waals surface area contributed by atoms with Crippen LogP contribution in [0, 0.1) is 13.8 Å². The Balaban J connectivity index is 1.94. The molecule has 1 aromatic rings. The predicted molar refractivity (Wildman–Crippen MR) is 84.7 cm³/mol. The molecule has 0 aliphatic carbocycles. The first-order valence-electron chi connectivity index (χ1n) is 7.58. The monoisotopic (exact) mass is 290 g/mol. The third-order valence-electron chi connectivity index (χ3n) is 4.32. The lowest BCUT2D eigenvalue weighted by molar-refractivity contribution is -0.00923. The molecule has 4 nitrogen and oxygen atoms in total. The Morgan fingerprint density at radius 3 is 2.52 bits per heavy atom. The number of hydrogen-bond donors (Lipinski definition) is 1. The lowest BCUT2D eigenvalue weighted by Crippen LogP contribution is -2.55. The van der Waals surface area contributed by atoms with Gasteiger partial charge in [0.25, 0.3) is 5.91 Å². The fraction of sp³-hybridized carbons (Fsp3) is 0.588. The number of aryl methyl sites for hydroxylation is 2. The predicted octanol–water partition coefficient (Wildman–Crippen LogP) is 2.14. The van der Waals surface area contributed by atoms with Crippen molar-refractivity contribution in [1.82, 2.24) is 10.2 Å². The molecule has 1 aliphatic rings. The molecule has 1 saturated heterocycles. The van der Waals surface area contributed by atoms with Gasteiger partial charge in [0.2, 0.25) is 0 Å². The number of carbonyl (C=O) groups excluding carboxylic acids is 1. The number of morpholine rings is 1. The smallest absolute Gasteiger partial charge is 0.251 e. The Kier molecular flexibility index (Phi) is 5.01. The van der Waals surface area contributed by atoms with Crippen LogP contribution in [0.1, 0.15) is 35.3 Å². The molecule has 1 heterocycles. The van der Waals surface area contributed by atoms with E-state index in [1.54, 1.807) is 0 Å². The van der Waals surface area contributed by atoms with E-state index in [4.69, 9.17) is 4.74 Å². The summed E-state index contributed by atoms with van der Waals surface area (Å²) >= 11 is 0. The summed E-state index contributed by atoms with van der Waals surface area (Å²) in [6.07, 6.45) is 0. The molecule has 1 N–H and O–H groups in total. The topological polar surface area (TPSA) is 41.6 Å². The average molecular weight is 290 g/mol. The van der Waals surface area contributed by atoms with Crippen molar-refractivity contribution in [1.29, 1.82) is 0 Å². The highest BCUT2D eigenvalue weighted by atomic mass is 16.5. The van der Waals surface area contributed by atoms with Gasteiger partial charge in [-0.3, -0.25) is 9.69 Å². The van der Waals surface area contributed by atoms with Gasteiger partial charge in [0.15, 0.2) is 0 Å². The summed E-state index contributed by atoms with van der Waals surface area (Å²) in [5.74, 6) is -0.000524. The summed E-state index contributed by atoms with van der Waals surface area (Å²) < 4.78 is 5.39. The minimum Gasteiger partial charge on any atom is -0.379 e. The molecule has 0 spiro atoms. The van der Waals surface area contributed by atoms with Crippen LogP contribution in [-0.4, -0.2) is 49.2 Å². The molecule has 0 radical (unpaired) electrons. The Hall–Kier alpha value is -1.39. The number of nitrogens with zero attached hydrogens (tertiary/aromatic N) is 1. The van der Waals surface area contributed by atoms with E-state index in [0.717, 1.165) is 37.4 Å². The number of amides is 1. The quantitative estimate of drug-likeness (QED) is 0.924. The van der Waals surface area contributed by atoms with Crippen LogP contribution in [0.25, 0.3) is 0 Å². The van der Waals surface area contributed by atoms with Crippen molar-refractivity contribution < 1.29 is 9.53 Å². The van der Waals surface area contributed by atoms with E-state index >= 15 is 0 Å². The maximum atomic E-state index is 12.3. The van der Waals surface area contributed by atoms with Crippen LogP contribution in [0.2, 0.25) is 0 Å². The van der Waals surface area contributed by atoms with Gasteiger partial charge in [0.1, 0.15) is 0 Å². The first-order valence-corrected chi connectivity index (χ1v) is 7.58. The minimum absolute atomic E-state index is 0.000524. The van der Waals surface area contributed by atoms with Crippen molar-refractivity contribution >= 4 is 5.91 Å². The van der Waals surface area contributed by atoms with Crippen LogP contribution < -0.4 is 5.32 Å². The maximum absolute atomic E-state index is 12.3. The number of rotatable bonds is 4. The molecule has 0 atom stereocenters. The van der Waals surface area contributed by atoms with Gasteiger partial charge in [-0.2, -0.15) is 0 Å². The highest BCUT2D eigenvalue weighted by molar-refractivity contribution is 5.94. The van der Waals surface area contributed by atoms with E-state index in [1.165, 1.54) is 5.56 Å². The maximum Gasteiger partial charge on any atom is 0.251 e. The van der Waals surface area contributed by atoms with Gasteiger partial charge < -0.3 is 10.1 Å². The number of nitrogens with one attached hydrogen (secondary N) is 1. The minimum atomic E-state index is -0.0564. The van der Waals surface area contributed by atoms with Crippen LogP contribution in [0.4, 0.5) is 0 Å². The Bertz CT molecular complexity index is 506. The van der Waals surface area contributed by atoms with E-state index in [0.29, 0.717) is 6.54 Å². The molecule has 1 aromatic carbocycles. The summed E-state index contributed by atoms with van der Waals surface area (Å²) in [7, 11) is 0. The van der Waals surface area contributed by atoms with Gasteiger partial charge in [-0.25, -0.2) is 0 Å². The first-order chi connectivity index (χ1) is 9.90. The largest absolute Gasteiger partial charge is 0.379 e. The lowest BCUT2D eigenvalue weighted by Gasteiger charge is -2.40. The van der Waals surface area contributed by atoms with Crippen LogP contribution in [0.5, 0.6) is 0 Å². The number of benzene rings is 1. The Labute approximate surface area is 127 Å². The molecule has 21 heavy (non-hydrogen) atoms. The lowest BCUT2D eigenvalue weighted by atomic mass is 10.0. The molecule has 0 aromatic heterocycles. The van der Waals surface area contributed by atoms with Crippen LogP contribution in [0.15, 0.2) is 18.2 Å². The molecule has 2 rings (SSSR count). The van der Waals surface area contributed by atoms with E-state index in [1.807, 2.05) is 25.1 Å². The zero-order valence-corrected chi connectivity index (χ0v) is 13.5. The van der Waals surface area contributed by atoms with Crippen LogP contribution >= 0.6 is 0 Å². The third kappa shape index (κ3) is 4.05. The summed E-state index contributed by atoms with van der Waals surface area (Å²) in [5.41, 5.74) is 3.03. The molecular weight excluding hydrogens is 264 g/mol. The van der Waals surface area contributed by atoms with E-state index in [-0.39, 0.29) is 11.4 Å². The van der Waals surface area contributed by atoms with Crippen molar-refractivity contribution in [3.8, 4) is 0 Å². The summed E-state index contributed by atoms with van der Waals surface area (Å²) in [4.78, 5) is 14.7. The van der Waals surface area contributed by atoms with E-state index < -0.39 is 0 Å². The van der Waals surface area contributed by atoms with Crippen molar-refractivity contribution in [2.45, 2.75) is 33.2 Å². The second-order valence-electron chi connectivity index (χ2n) is 6.39. The molecule has 1 amide bonds. The molecule has 1 fully saturated rings. The van der Waals surface area contributed by atoms with Crippen molar-refractivity contribution in [2.24, 2.45) is 0 Å². The summed E-state index contributed by atoms with van der Waals surface area (Å²) in [5, 5.41) is 3.06. The molecule has 4 heteroatoms. The second-order valence-corrected chi connectivity index (χ2v) is 6.39. The zero-order chi connectivity index (χ0) is 15.5. The molecule has 1 aliphatic heterocycles. The first kappa shape index (κ1) is 16.0. The normalized spacial score (nSPS) is 16.8.